The van der Waals surface area contributed by atoms with E-state index in [0.29, 0.717) is 0 Å². The largest absolute Gasteiger partial charge is 0.478 e. The molecule has 0 saturated heterocycles. The maximum Gasteiger partial charge on any atom is 0.337 e. The number of para-hydroxylation sites is 1. The number of amides is 1. The van der Waals surface area contributed by atoms with Crippen LogP contribution in [0.25, 0.3) is 0 Å². The van der Waals surface area contributed by atoms with E-state index in [-0.39, 0.29) is 29.0 Å². The lowest BCUT2D eigenvalue weighted by Crippen LogP contribution is -2.17. The highest BCUT2D eigenvalue weighted by molar-refractivity contribution is 6.02. The smallest absolute Gasteiger partial charge is 0.337 e. The minimum absolute atomic E-state index is 0.0349. The molecule has 0 radical (unpaired) electrons. The Bertz CT molecular complexity index is 898. The Balaban J connectivity index is 1.82. The van der Waals surface area contributed by atoms with E-state index in [4.69, 9.17) is 0 Å². The molecule has 3 atom stereocenters. The van der Waals surface area contributed by atoms with Crippen LogP contribution in [0.5, 0.6) is 0 Å². The number of nitrogens with zero attached hydrogens (tertiary/aromatic N) is 1. The van der Waals surface area contributed by atoms with Crippen LogP contribution >= 0.6 is 0 Å². The van der Waals surface area contributed by atoms with Gasteiger partial charge >= 0.3 is 5.97 Å². The van der Waals surface area contributed by atoms with Gasteiger partial charge in [0.25, 0.3) is 0 Å². The van der Waals surface area contributed by atoms with E-state index in [1.54, 1.807) is 18.2 Å². The monoisotopic (exact) mass is 334 g/mol. The summed E-state index contributed by atoms with van der Waals surface area (Å²) in [4.78, 5) is 23.9. The minimum atomic E-state index is -1.10. The van der Waals surface area contributed by atoms with Crippen molar-refractivity contribution in [2.24, 2.45) is 11.8 Å². The highest BCUT2D eigenvalue weighted by atomic mass is 16.4. The second-order valence-corrected chi connectivity index (χ2v) is 6.39. The first kappa shape index (κ1) is 16.7. The molecule has 1 saturated carbocycles. The lowest BCUT2D eigenvalue weighted by molar-refractivity contribution is -0.117. The van der Waals surface area contributed by atoms with E-state index < -0.39 is 11.9 Å². The SMILES string of the molecule is Cc1ccc(C2C(C#N)C2C(=O)Nc2ccccc2C(=O)O)cc1C. The van der Waals surface area contributed by atoms with Crippen LogP contribution in [0.3, 0.4) is 0 Å². The number of aryl methyl sites for hydroxylation is 2. The number of carboxylic acid groups (broad SMARTS) is 1. The number of carbonyl (C=O) groups excluding carboxylic acids is 1. The summed E-state index contributed by atoms with van der Waals surface area (Å²) in [5, 5.41) is 21.3. The third kappa shape index (κ3) is 3.11. The summed E-state index contributed by atoms with van der Waals surface area (Å²) >= 11 is 0. The number of nitriles is 1. The fourth-order valence-corrected chi connectivity index (χ4v) is 3.18. The van der Waals surface area contributed by atoms with E-state index in [9.17, 15) is 20.0 Å². The van der Waals surface area contributed by atoms with Crippen LogP contribution in [0, 0.1) is 37.0 Å². The van der Waals surface area contributed by atoms with Crippen LogP contribution in [-0.4, -0.2) is 17.0 Å². The molecule has 1 fully saturated rings. The zero-order valence-electron chi connectivity index (χ0n) is 14.0. The van der Waals surface area contributed by atoms with Crippen molar-refractivity contribution in [2.45, 2.75) is 19.8 Å². The van der Waals surface area contributed by atoms with Crippen LogP contribution in [0.15, 0.2) is 42.5 Å². The number of nitrogens with one attached hydrogen (secondary N) is 1. The van der Waals surface area contributed by atoms with E-state index in [0.717, 1.165) is 16.7 Å². The van der Waals surface area contributed by atoms with Crippen LogP contribution in [0.1, 0.15) is 33.0 Å². The van der Waals surface area contributed by atoms with Gasteiger partial charge in [-0.1, -0.05) is 30.3 Å². The predicted octanol–water partition coefficient (Wildman–Crippen LogP) is 3.49. The highest BCUT2D eigenvalue weighted by Crippen LogP contribution is 2.54. The van der Waals surface area contributed by atoms with Crippen LogP contribution < -0.4 is 5.32 Å². The topological polar surface area (TPSA) is 90.2 Å². The Labute approximate surface area is 145 Å². The zero-order chi connectivity index (χ0) is 18.1. The summed E-state index contributed by atoms with van der Waals surface area (Å²) in [6.45, 7) is 4.02. The fourth-order valence-electron chi connectivity index (χ4n) is 3.18. The molecule has 126 valence electrons. The first-order chi connectivity index (χ1) is 11.9. The van der Waals surface area contributed by atoms with Crippen molar-refractivity contribution in [1.29, 1.82) is 5.26 Å². The molecular formula is C20H18N2O3. The van der Waals surface area contributed by atoms with Gasteiger partial charge in [-0.3, -0.25) is 4.79 Å². The standard InChI is InChI=1S/C20H18N2O3/c1-11-7-8-13(9-12(11)2)17-15(10-21)18(17)19(23)22-16-6-4-3-5-14(16)20(24)25/h3-9,15,17-18H,1-2H3,(H,22,23)(H,24,25). The van der Waals surface area contributed by atoms with Gasteiger partial charge in [0.2, 0.25) is 5.91 Å². The van der Waals surface area contributed by atoms with Gasteiger partial charge in [-0.15, -0.1) is 0 Å². The van der Waals surface area contributed by atoms with E-state index in [1.807, 2.05) is 32.0 Å². The van der Waals surface area contributed by atoms with Gasteiger partial charge in [0.15, 0.2) is 0 Å². The van der Waals surface area contributed by atoms with Crippen molar-refractivity contribution in [3.8, 4) is 6.07 Å². The number of hydrogen-bond acceptors (Lipinski definition) is 3. The molecule has 2 N–H and O–H groups in total. The maximum atomic E-state index is 12.6. The van der Waals surface area contributed by atoms with Gasteiger partial charge in [0, 0.05) is 5.92 Å². The number of anilines is 1. The highest BCUT2D eigenvalue weighted by Gasteiger charge is 2.56. The van der Waals surface area contributed by atoms with Gasteiger partial charge in [0.05, 0.1) is 29.2 Å². The van der Waals surface area contributed by atoms with Crippen LogP contribution in [-0.2, 0) is 4.79 Å². The lowest BCUT2D eigenvalue weighted by atomic mass is 10.0. The molecule has 0 aromatic heterocycles. The number of benzene rings is 2. The molecule has 3 rings (SSSR count). The van der Waals surface area contributed by atoms with Gasteiger partial charge in [-0.2, -0.15) is 5.26 Å². The van der Waals surface area contributed by atoms with E-state index in [1.165, 1.54) is 6.07 Å². The second-order valence-electron chi connectivity index (χ2n) is 6.39. The summed E-state index contributed by atoms with van der Waals surface area (Å²) < 4.78 is 0. The number of aromatic carboxylic acids is 1. The van der Waals surface area contributed by atoms with Gasteiger partial charge in [-0.25, -0.2) is 4.79 Å². The predicted molar refractivity (Wildman–Crippen MR) is 93.3 cm³/mol. The first-order valence-corrected chi connectivity index (χ1v) is 8.04. The Morgan fingerprint density at radius 1 is 1.12 bits per heavy atom. The zero-order valence-corrected chi connectivity index (χ0v) is 14.0. The average molecular weight is 334 g/mol. The van der Waals surface area contributed by atoms with Gasteiger partial charge in [-0.05, 0) is 42.7 Å². The Hall–Kier alpha value is -3.13. The molecule has 0 aliphatic heterocycles. The van der Waals surface area contributed by atoms with Crippen molar-refractivity contribution in [3.05, 3.63) is 64.7 Å². The molecule has 3 unspecified atom stereocenters. The molecule has 5 nitrogen and oxygen atoms in total. The average Bonchev–Trinajstić information content (AvgIpc) is 3.32. The van der Waals surface area contributed by atoms with Crippen molar-refractivity contribution >= 4 is 17.6 Å². The molecule has 5 heteroatoms. The van der Waals surface area contributed by atoms with Gasteiger partial charge in [0.1, 0.15) is 0 Å². The third-order valence-corrected chi connectivity index (χ3v) is 4.80. The second kappa shape index (κ2) is 6.40. The molecule has 1 aliphatic carbocycles. The third-order valence-electron chi connectivity index (χ3n) is 4.80. The minimum Gasteiger partial charge on any atom is -0.478 e. The number of rotatable bonds is 4. The Morgan fingerprint density at radius 2 is 1.84 bits per heavy atom. The van der Waals surface area contributed by atoms with Crippen LogP contribution in [0.2, 0.25) is 0 Å². The lowest BCUT2D eigenvalue weighted by Gasteiger charge is -2.08. The molecule has 0 bridgehead atoms. The molecular weight excluding hydrogens is 316 g/mol. The molecule has 25 heavy (non-hydrogen) atoms. The summed E-state index contributed by atoms with van der Waals surface area (Å²) in [6.07, 6.45) is 0. The van der Waals surface area contributed by atoms with Crippen LogP contribution in [0.4, 0.5) is 5.69 Å². The maximum absolute atomic E-state index is 12.6. The normalized spacial score (nSPS) is 21.2. The summed E-state index contributed by atoms with van der Waals surface area (Å²) in [5.41, 5.74) is 3.54. The first-order valence-electron chi connectivity index (χ1n) is 8.04. The van der Waals surface area contributed by atoms with E-state index in [2.05, 4.69) is 11.4 Å². The molecule has 2 aromatic carbocycles. The molecule has 0 spiro atoms. The van der Waals surface area contributed by atoms with E-state index >= 15 is 0 Å². The molecule has 1 amide bonds. The summed E-state index contributed by atoms with van der Waals surface area (Å²) in [6, 6.07) is 14.4. The quantitative estimate of drug-likeness (QED) is 0.895. The number of carboxylic acids is 1. The Kier molecular flexibility index (Phi) is 4.28. The number of carbonyl (C=O) groups is 2. The van der Waals surface area contributed by atoms with Crippen molar-refractivity contribution in [1.82, 2.24) is 0 Å². The van der Waals surface area contributed by atoms with Crippen molar-refractivity contribution in [2.75, 3.05) is 5.32 Å². The van der Waals surface area contributed by atoms with Crippen molar-refractivity contribution < 1.29 is 14.7 Å². The fraction of sp³-hybridized carbons (Fsp3) is 0.250. The van der Waals surface area contributed by atoms with Crippen molar-refractivity contribution in [3.63, 3.8) is 0 Å². The molecule has 0 heterocycles. The van der Waals surface area contributed by atoms with Gasteiger partial charge < -0.3 is 10.4 Å². The molecule has 2 aromatic rings. The molecule has 1 aliphatic rings. The summed E-state index contributed by atoms with van der Waals surface area (Å²) in [5.74, 6) is -2.42. The Morgan fingerprint density at radius 3 is 2.48 bits per heavy atom. The number of hydrogen-bond donors (Lipinski definition) is 2. The summed E-state index contributed by atoms with van der Waals surface area (Å²) in [7, 11) is 0.